The molecule has 0 aromatic heterocycles. The van der Waals surface area contributed by atoms with Crippen molar-refractivity contribution < 1.29 is 16.9 Å². The molecule has 2 unspecified atom stereocenters. The Morgan fingerprint density at radius 3 is 1.64 bits per heavy atom. The monoisotopic (exact) mass is 359 g/mol. The molecule has 2 rings (SSSR count). The summed E-state index contributed by atoms with van der Waals surface area (Å²) in [7, 11) is 6.73. The van der Waals surface area contributed by atoms with Gasteiger partial charge in [0.2, 0.25) is 0 Å². The van der Waals surface area contributed by atoms with Crippen molar-refractivity contribution in [3.63, 3.8) is 0 Å². The average molecular weight is 360 g/mol. The molecule has 0 aliphatic rings. The predicted octanol–water partition coefficient (Wildman–Crippen LogP) is 2.97. The zero-order valence-corrected chi connectivity index (χ0v) is 17.3. The normalized spacial score (nSPS) is 13.8. The largest absolute Gasteiger partial charge is 1.00 e. The maximum atomic E-state index is 2.36. The molecule has 2 aromatic carbocycles. The average Bonchev–Trinajstić information content (AvgIpc) is 2.56. The van der Waals surface area contributed by atoms with Crippen molar-refractivity contribution in [3.05, 3.63) is 71.3 Å². The molecule has 0 saturated carbocycles. The third-order valence-corrected chi connectivity index (χ3v) is 4.93. The SMILES string of the molecule is CCC(CC(CC)c1ccc(C[N+](C)(C)C)cc1)c1ccccc1.[Cl-]. The summed E-state index contributed by atoms with van der Waals surface area (Å²) in [5, 5.41) is 0. The minimum Gasteiger partial charge on any atom is -1.00 e. The Labute approximate surface area is 161 Å². The van der Waals surface area contributed by atoms with Crippen molar-refractivity contribution in [2.75, 3.05) is 21.1 Å². The molecule has 0 N–H and O–H groups in total. The Bertz CT molecular complexity index is 598. The first-order valence-corrected chi connectivity index (χ1v) is 9.37. The summed E-state index contributed by atoms with van der Waals surface area (Å²) < 4.78 is 0.975. The van der Waals surface area contributed by atoms with Gasteiger partial charge in [0.05, 0.1) is 21.1 Å². The summed E-state index contributed by atoms with van der Waals surface area (Å²) in [4.78, 5) is 0. The molecular formula is C23H34ClN. The van der Waals surface area contributed by atoms with E-state index in [-0.39, 0.29) is 12.4 Å². The molecule has 0 aliphatic heterocycles. The molecule has 0 amide bonds. The second kappa shape index (κ2) is 9.99. The van der Waals surface area contributed by atoms with E-state index >= 15 is 0 Å². The van der Waals surface area contributed by atoms with Gasteiger partial charge in [0, 0.05) is 5.56 Å². The van der Waals surface area contributed by atoms with Gasteiger partial charge in [-0.05, 0) is 42.2 Å². The minimum atomic E-state index is 0. The van der Waals surface area contributed by atoms with Crippen LogP contribution < -0.4 is 12.4 Å². The van der Waals surface area contributed by atoms with Gasteiger partial charge in [0.25, 0.3) is 0 Å². The van der Waals surface area contributed by atoms with E-state index in [4.69, 9.17) is 0 Å². The van der Waals surface area contributed by atoms with Crippen LogP contribution in [0.1, 0.15) is 61.6 Å². The lowest BCUT2D eigenvalue weighted by Gasteiger charge is -2.25. The first-order chi connectivity index (χ1) is 11.4. The Morgan fingerprint density at radius 2 is 1.20 bits per heavy atom. The summed E-state index contributed by atoms with van der Waals surface area (Å²) in [6, 6.07) is 20.4. The third kappa shape index (κ3) is 6.84. The number of nitrogens with zero attached hydrogens (tertiary/aromatic N) is 1. The lowest BCUT2D eigenvalue weighted by molar-refractivity contribution is -0.884. The van der Waals surface area contributed by atoms with Crippen LogP contribution in [-0.2, 0) is 6.54 Å². The van der Waals surface area contributed by atoms with E-state index < -0.39 is 0 Å². The molecular weight excluding hydrogens is 326 g/mol. The maximum absolute atomic E-state index is 2.36. The van der Waals surface area contributed by atoms with E-state index in [2.05, 4.69) is 89.6 Å². The van der Waals surface area contributed by atoms with Crippen LogP contribution >= 0.6 is 0 Å². The maximum Gasteiger partial charge on any atom is 0.104 e. The molecule has 2 heteroatoms. The predicted molar refractivity (Wildman–Crippen MR) is 105 cm³/mol. The molecule has 1 nitrogen and oxygen atoms in total. The number of hydrogen-bond donors (Lipinski definition) is 0. The van der Waals surface area contributed by atoms with Crippen molar-refractivity contribution in [3.8, 4) is 0 Å². The third-order valence-electron chi connectivity index (χ3n) is 4.93. The van der Waals surface area contributed by atoms with Gasteiger partial charge in [-0.1, -0.05) is 68.4 Å². The highest BCUT2D eigenvalue weighted by Crippen LogP contribution is 2.34. The highest BCUT2D eigenvalue weighted by atomic mass is 35.5. The molecule has 2 atom stereocenters. The van der Waals surface area contributed by atoms with Crippen molar-refractivity contribution >= 4 is 0 Å². The van der Waals surface area contributed by atoms with Gasteiger partial charge in [0.1, 0.15) is 6.54 Å². The quantitative estimate of drug-likeness (QED) is 0.636. The summed E-state index contributed by atoms with van der Waals surface area (Å²) >= 11 is 0. The first-order valence-electron chi connectivity index (χ1n) is 9.37. The van der Waals surface area contributed by atoms with Gasteiger partial charge >= 0.3 is 0 Å². The molecule has 0 saturated heterocycles. The summed E-state index contributed by atoms with van der Waals surface area (Å²) in [5.41, 5.74) is 4.41. The van der Waals surface area contributed by atoms with Crippen molar-refractivity contribution in [1.82, 2.24) is 0 Å². The molecule has 0 bridgehead atoms. The van der Waals surface area contributed by atoms with Crippen LogP contribution in [0.25, 0.3) is 0 Å². The highest BCUT2D eigenvalue weighted by Gasteiger charge is 2.17. The van der Waals surface area contributed by atoms with Gasteiger partial charge < -0.3 is 16.9 Å². The number of benzene rings is 2. The molecule has 0 fully saturated rings. The number of quaternary nitrogens is 1. The van der Waals surface area contributed by atoms with Crippen LogP contribution in [0.2, 0.25) is 0 Å². The lowest BCUT2D eigenvalue weighted by atomic mass is 9.82. The van der Waals surface area contributed by atoms with E-state index in [1.54, 1.807) is 0 Å². The van der Waals surface area contributed by atoms with Crippen molar-refractivity contribution in [2.45, 2.75) is 51.5 Å². The van der Waals surface area contributed by atoms with Gasteiger partial charge in [-0.25, -0.2) is 0 Å². The Balaban J connectivity index is 0.00000312. The fraction of sp³-hybridized carbons (Fsp3) is 0.478. The summed E-state index contributed by atoms with van der Waals surface area (Å²) in [6.07, 6.45) is 3.66. The Hall–Kier alpha value is -1.31. The second-order valence-corrected chi connectivity index (χ2v) is 8.05. The van der Waals surface area contributed by atoms with Crippen LogP contribution in [0.4, 0.5) is 0 Å². The van der Waals surface area contributed by atoms with Gasteiger partial charge in [-0.3, -0.25) is 0 Å². The van der Waals surface area contributed by atoms with Crippen LogP contribution in [0.3, 0.4) is 0 Å². The zero-order valence-electron chi connectivity index (χ0n) is 16.5. The zero-order chi connectivity index (χ0) is 17.6. The van der Waals surface area contributed by atoms with Crippen LogP contribution in [0, 0.1) is 0 Å². The van der Waals surface area contributed by atoms with Crippen LogP contribution in [0.15, 0.2) is 54.6 Å². The van der Waals surface area contributed by atoms with E-state index in [1.165, 1.54) is 36.0 Å². The number of rotatable bonds is 8. The standard InChI is InChI=1S/C23H34N.ClH/c1-6-20(22-11-9-8-10-12-22)17-21(7-2)23-15-13-19(14-16-23)18-24(3,4)5;/h8-16,20-21H,6-7,17-18H2,1-5H3;1H/q+1;/p-1. The molecule has 0 spiro atoms. The lowest BCUT2D eigenvalue weighted by Crippen LogP contribution is -3.00. The van der Waals surface area contributed by atoms with E-state index in [0.29, 0.717) is 11.8 Å². The van der Waals surface area contributed by atoms with Crippen molar-refractivity contribution in [1.29, 1.82) is 0 Å². The first kappa shape index (κ1) is 21.7. The van der Waals surface area contributed by atoms with Gasteiger partial charge in [-0.15, -0.1) is 0 Å². The summed E-state index contributed by atoms with van der Waals surface area (Å²) in [5.74, 6) is 1.30. The fourth-order valence-corrected chi connectivity index (χ4v) is 3.59. The Kier molecular flexibility index (Phi) is 8.68. The topological polar surface area (TPSA) is 0 Å². The molecule has 2 aromatic rings. The highest BCUT2D eigenvalue weighted by molar-refractivity contribution is 5.27. The second-order valence-electron chi connectivity index (χ2n) is 8.05. The van der Waals surface area contributed by atoms with Crippen molar-refractivity contribution in [2.24, 2.45) is 0 Å². The molecule has 0 aliphatic carbocycles. The fourth-order valence-electron chi connectivity index (χ4n) is 3.59. The van der Waals surface area contributed by atoms with Crippen LogP contribution in [0.5, 0.6) is 0 Å². The van der Waals surface area contributed by atoms with E-state index in [0.717, 1.165) is 11.0 Å². The molecule has 0 radical (unpaired) electrons. The smallest absolute Gasteiger partial charge is 0.104 e. The van der Waals surface area contributed by atoms with Crippen LogP contribution in [-0.4, -0.2) is 25.6 Å². The van der Waals surface area contributed by atoms with E-state index in [9.17, 15) is 0 Å². The minimum absolute atomic E-state index is 0. The molecule has 138 valence electrons. The molecule has 25 heavy (non-hydrogen) atoms. The van der Waals surface area contributed by atoms with Gasteiger partial charge in [-0.2, -0.15) is 0 Å². The molecule has 0 heterocycles. The summed E-state index contributed by atoms with van der Waals surface area (Å²) in [6.45, 7) is 5.72. The Morgan fingerprint density at radius 1 is 0.720 bits per heavy atom. The number of halogens is 1. The number of hydrogen-bond acceptors (Lipinski definition) is 0. The van der Waals surface area contributed by atoms with Gasteiger partial charge in [0.15, 0.2) is 0 Å². The van der Waals surface area contributed by atoms with E-state index in [1.807, 2.05) is 0 Å².